The molecular formula is C39H73BN2O14. The summed E-state index contributed by atoms with van der Waals surface area (Å²) in [6.07, 6.45) is -7.99. The largest absolute Gasteiger partial charge is 0.482 e. The van der Waals surface area contributed by atoms with Crippen LogP contribution >= 0.6 is 0 Å². The van der Waals surface area contributed by atoms with Crippen molar-refractivity contribution in [3.63, 3.8) is 0 Å². The molecule has 0 radical (unpaired) electrons. The van der Waals surface area contributed by atoms with Crippen molar-refractivity contribution in [3.05, 3.63) is 12.2 Å². The minimum atomic E-state index is -1.84. The summed E-state index contributed by atoms with van der Waals surface area (Å²) >= 11 is 0. The van der Waals surface area contributed by atoms with Gasteiger partial charge in [0, 0.05) is 39.1 Å². The van der Waals surface area contributed by atoms with Crippen LogP contribution in [0.2, 0.25) is 0 Å². The highest BCUT2D eigenvalue weighted by Crippen LogP contribution is 2.40. The maximum Gasteiger partial charge on any atom is 0.482 e. The van der Waals surface area contributed by atoms with Crippen molar-refractivity contribution in [2.75, 3.05) is 27.7 Å². The molecule has 0 saturated carbocycles. The van der Waals surface area contributed by atoms with Gasteiger partial charge in [0.1, 0.15) is 30.0 Å². The molecule has 18 atom stereocenters. The third-order valence-corrected chi connectivity index (χ3v) is 12.6. The monoisotopic (exact) mass is 805 g/mol. The van der Waals surface area contributed by atoms with E-state index in [1.54, 1.807) is 60.4 Å². The van der Waals surface area contributed by atoms with Gasteiger partial charge in [0.2, 0.25) is 0 Å². The van der Waals surface area contributed by atoms with Gasteiger partial charge in [-0.15, -0.1) is 0 Å². The van der Waals surface area contributed by atoms with Crippen molar-refractivity contribution in [3.8, 4) is 0 Å². The SMILES string of the molecule is CC[C@H]1OC(=O)[C@H](C)[C@@H](O[C@H]2C[C@@](C)(OC)[C@@H](O)[C@H](C)O2)[C@H](C)[C@@H](O[C@@H]2O[C@H](C)C[C@H](N(C)/C=C/B(O)O)[C@H]2O)[C@](C)(O)C[C@@H](C)CN(C)[C@H](C)[C@@H](O)[C@]1(C)O. The second-order valence-electron chi connectivity index (χ2n) is 17.6. The maximum atomic E-state index is 14.3. The molecule has 3 heterocycles. The van der Waals surface area contributed by atoms with E-state index in [4.69, 9.17) is 28.4 Å². The molecule has 0 amide bonds. The Labute approximate surface area is 334 Å². The van der Waals surface area contributed by atoms with Gasteiger partial charge in [-0.05, 0) is 92.9 Å². The lowest BCUT2D eigenvalue weighted by Crippen LogP contribution is -2.60. The van der Waals surface area contributed by atoms with Gasteiger partial charge in [-0.25, -0.2) is 0 Å². The zero-order valence-electron chi connectivity index (χ0n) is 35.8. The molecule has 3 fully saturated rings. The fourth-order valence-electron chi connectivity index (χ4n) is 8.95. The van der Waals surface area contributed by atoms with E-state index in [9.17, 15) is 40.4 Å². The van der Waals surface area contributed by atoms with Crippen LogP contribution in [0, 0.1) is 17.8 Å². The van der Waals surface area contributed by atoms with Crippen LogP contribution in [-0.2, 0) is 33.2 Å². The average Bonchev–Trinajstić information content (AvgIpc) is 3.11. The lowest BCUT2D eigenvalue weighted by Gasteiger charge is -2.49. The minimum Gasteiger partial charge on any atom is -0.459 e. The van der Waals surface area contributed by atoms with Crippen LogP contribution in [0.25, 0.3) is 0 Å². The Kier molecular flexibility index (Phi) is 17.2. The smallest absolute Gasteiger partial charge is 0.459 e. The summed E-state index contributed by atoms with van der Waals surface area (Å²) < 4.78 is 37.5. The average molecular weight is 805 g/mol. The molecule has 0 aliphatic carbocycles. The van der Waals surface area contributed by atoms with E-state index in [0.717, 1.165) is 0 Å². The van der Waals surface area contributed by atoms with Crippen LogP contribution in [0.1, 0.15) is 94.9 Å². The van der Waals surface area contributed by atoms with Gasteiger partial charge < -0.3 is 73.8 Å². The molecule has 0 unspecified atom stereocenters. The number of ether oxygens (including phenoxy) is 6. The summed E-state index contributed by atoms with van der Waals surface area (Å²) in [5.41, 5.74) is -4.54. The summed E-state index contributed by atoms with van der Waals surface area (Å²) in [6.45, 7) is 17.6. The molecule has 56 heavy (non-hydrogen) atoms. The number of hydrogen-bond donors (Lipinski definition) is 7. The molecule has 3 aliphatic heterocycles. The highest BCUT2D eigenvalue weighted by atomic mass is 16.7. The normalized spacial score (nSPS) is 46.9. The lowest BCUT2D eigenvalue weighted by molar-refractivity contribution is -0.317. The Hall–Kier alpha value is -1.45. The predicted molar refractivity (Wildman–Crippen MR) is 208 cm³/mol. The molecule has 7 N–H and O–H groups in total. The summed E-state index contributed by atoms with van der Waals surface area (Å²) in [4.78, 5) is 17.8. The molecule has 0 spiro atoms. The number of nitrogens with zero attached hydrogens (tertiary/aromatic N) is 2. The van der Waals surface area contributed by atoms with Gasteiger partial charge in [0.15, 0.2) is 12.6 Å². The van der Waals surface area contributed by atoms with Crippen LogP contribution in [0.4, 0.5) is 0 Å². The number of esters is 1. The first-order valence-corrected chi connectivity index (χ1v) is 20.1. The summed E-state index contributed by atoms with van der Waals surface area (Å²) in [5, 5.41) is 77.4. The fourth-order valence-corrected chi connectivity index (χ4v) is 8.95. The molecule has 0 aromatic rings. The van der Waals surface area contributed by atoms with Crippen LogP contribution in [0.5, 0.6) is 0 Å². The number of carbonyl (C=O) groups excluding carboxylic acids is 1. The second-order valence-corrected chi connectivity index (χ2v) is 17.6. The van der Waals surface area contributed by atoms with Gasteiger partial charge in [0.25, 0.3) is 0 Å². The van der Waals surface area contributed by atoms with E-state index in [2.05, 4.69) is 0 Å². The van der Waals surface area contributed by atoms with Crippen molar-refractivity contribution in [2.24, 2.45) is 17.8 Å². The van der Waals surface area contributed by atoms with Crippen molar-refractivity contribution in [1.29, 1.82) is 0 Å². The Balaban J connectivity index is 2.18. The number of hydrogen-bond acceptors (Lipinski definition) is 16. The Morgan fingerprint density at radius 1 is 0.982 bits per heavy atom. The number of carbonyl (C=O) groups is 1. The van der Waals surface area contributed by atoms with Crippen molar-refractivity contribution < 1.29 is 68.8 Å². The molecular weight excluding hydrogens is 731 g/mol. The number of rotatable bonds is 9. The van der Waals surface area contributed by atoms with E-state index < -0.39 is 115 Å². The van der Waals surface area contributed by atoms with Gasteiger partial charge in [-0.3, -0.25) is 4.79 Å². The number of cyclic esters (lactones) is 1. The van der Waals surface area contributed by atoms with Gasteiger partial charge >= 0.3 is 13.1 Å². The zero-order valence-corrected chi connectivity index (χ0v) is 35.8. The van der Waals surface area contributed by atoms with Gasteiger partial charge in [-0.2, -0.15) is 0 Å². The van der Waals surface area contributed by atoms with Crippen LogP contribution in [-0.4, -0.2) is 177 Å². The predicted octanol–water partition coefficient (Wildman–Crippen LogP) is 0.797. The first kappa shape index (κ1) is 48.9. The number of aliphatic hydroxyl groups excluding tert-OH is 3. The number of methoxy groups -OCH3 is 1. The molecule has 3 aliphatic rings. The first-order valence-electron chi connectivity index (χ1n) is 20.1. The Morgan fingerprint density at radius 2 is 1.61 bits per heavy atom. The summed E-state index contributed by atoms with van der Waals surface area (Å²) in [7, 11) is 3.29. The first-order chi connectivity index (χ1) is 25.8. The topological polar surface area (TPSA) is 221 Å². The molecule has 326 valence electrons. The summed E-state index contributed by atoms with van der Waals surface area (Å²) in [5.74, 6) is -1.67. The van der Waals surface area contributed by atoms with Crippen molar-refractivity contribution in [2.45, 2.75) is 185 Å². The van der Waals surface area contributed by atoms with Crippen molar-refractivity contribution in [1.82, 2.24) is 9.80 Å². The molecule has 16 nitrogen and oxygen atoms in total. The van der Waals surface area contributed by atoms with E-state index >= 15 is 0 Å². The molecule has 0 aromatic heterocycles. The Bertz CT molecular complexity index is 1280. The van der Waals surface area contributed by atoms with Crippen molar-refractivity contribution >= 4 is 13.1 Å². The Morgan fingerprint density at radius 3 is 2.18 bits per heavy atom. The fraction of sp³-hybridized carbons (Fsp3) is 0.923. The molecule has 3 saturated heterocycles. The van der Waals surface area contributed by atoms with E-state index in [0.29, 0.717) is 13.0 Å². The van der Waals surface area contributed by atoms with E-state index in [1.807, 2.05) is 25.8 Å². The third kappa shape index (κ3) is 11.4. The standard InChI is InChI=1S/C39H73BN2O14/c1-14-28-39(10,48)32(44)25(6)42(12)20-21(2)18-37(8,47)34(56-36-30(43)27(17-22(3)52-36)41(11)16-15-40(49)50)23(4)31(24(5)35(46)54-28)55-29-19-38(9,51-13)33(45)26(7)53-29/h15-16,21-34,36,43-45,47-50H,14,17-20H2,1-13H3/b16-15+/t21-,22-,23+,24-,25-,26+,27+,28-,29+,30-,31+,32-,33+,34-,36+,37-,38-,39-/m1/s1. The maximum absolute atomic E-state index is 14.3. The minimum absolute atomic E-state index is 0.0910. The van der Waals surface area contributed by atoms with E-state index in [-0.39, 0.29) is 25.2 Å². The number of aliphatic hydroxyl groups is 5. The molecule has 0 aromatic carbocycles. The molecule has 0 bridgehead atoms. The highest BCUT2D eigenvalue weighted by Gasteiger charge is 2.52. The zero-order chi connectivity index (χ0) is 42.7. The third-order valence-electron chi connectivity index (χ3n) is 12.6. The quantitative estimate of drug-likeness (QED) is 0.127. The number of likely N-dealkylation sites (N-methyl/N-ethyl adjacent to an activating group) is 2. The van der Waals surface area contributed by atoms with Gasteiger partial charge in [0.05, 0.1) is 47.6 Å². The second kappa shape index (κ2) is 19.7. The van der Waals surface area contributed by atoms with Crippen LogP contribution in [0.15, 0.2) is 12.2 Å². The highest BCUT2D eigenvalue weighted by molar-refractivity contribution is 6.47. The van der Waals surface area contributed by atoms with Crippen LogP contribution < -0.4 is 0 Å². The lowest BCUT2D eigenvalue weighted by atomic mass is 9.77. The van der Waals surface area contributed by atoms with Gasteiger partial charge in [-0.1, -0.05) is 20.8 Å². The molecule has 3 rings (SSSR count). The summed E-state index contributed by atoms with van der Waals surface area (Å²) in [6, 6.07) is -1.15. The molecule has 17 heteroatoms. The van der Waals surface area contributed by atoms with Crippen LogP contribution in [0.3, 0.4) is 0 Å². The van der Waals surface area contributed by atoms with E-state index in [1.165, 1.54) is 26.2 Å².